The summed E-state index contributed by atoms with van der Waals surface area (Å²) in [6, 6.07) is 7.97. The fraction of sp³-hybridized carbons (Fsp3) is 0.429. The fourth-order valence-electron chi connectivity index (χ4n) is 1.58. The van der Waals surface area contributed by atoms with Crippen LogP contribution in [0.3, 0.4) is 0 Å². The maximum absolute atomic E-state index is 5.98. The number of halogens is 1. The third-order valence-electron chi connectivity index (χ3n) is 2.35. The summed E-state index contributed by atoms with van der Waals surface area (Å²) in [7, 11) is 0. The van der Waals surface area contributed by atoms with Gasteiger partial charge in [-0.05, 0) is 52.0 Å². The van der Waals surface area contributed by atoms with Gasteiger partial charge in [0.25, 0.3) is 0 Å². The zero-order valence-corrected chi connectivity index (χ0v) is 11.6. The maximum Gasteiger partial charge on any atom is 0.180 e. The topological polar surface area (TPSA) is 21.3 Å². The van der Waals surface area contributed by atoms with Gasteiger partial charge in [-0.3, -0.25) is 0 Å². The number of benzene rings is 1. The van der Waals surface area contributed by atoms with Crippen LogP contribution in [0.4, 0.5) is 0 Å². The van der Waals surface area contributed by atoms with Crippen molar-refractivity contribution < 1.29 is 4.74 Å². The van der Waals surface area contributed by atoms with Crippen LogP contribution in [0.5, 0.6) is 0 Å². The average molecular weight is 254 g/mol. The molecule has 0 fully saturated rings. The highest BCUT2D eigenvalue weighted by molar-refractivity contribution is 6.30. The summed E-state index contributed by atoms with van der Waals surface area (Å²) in [4.78, 5) is 0. The minimum absolute atomic E-state index is 0.303. The smallest absolute Gasteiger partial charge is 0.180 e. The third-order valence-corrected chi connectivity index (χ3v) is 2.58. The molecule has 1 aromatic rings. The summed E-state index contributed by atoms with van der Waals surface area (Å²) >= 11 is 5.98. The Balaban J connectivity index is 2.78. The molecule has 0 saturated heterocycles. The van der Waals surface area contributed by atoms with Crippen molar-refractivity contribution in [3.63, 3.8) is 0 Å². The van der Waals surface area contributed by atoms with Gasteiger partial charge in [-0.25, -0.2) is 0 Å². The predicted octanol–water partition coefficient (Wildman–Crippen LogP) is 4.06. The molecule has 2 nitrogen and oxygen atoms in total. The molecule has 3 heteroatoms. The van der Waals surface area contributed by atoms with Gasteiger partial charge in [0, 0.05) is 11.1 Å². The quantitative estimate of drug-likeness (QED) is 0.799. The molecule has 0 aliphatic rings. The Kier molecular flexibility index (Phi) is 4.47. The Bertz CT molecular complexity index is 399. The maximum atomic E-state index is 5.98. The van der Waals surface area contributed by atoms with Crippen LogP contribution in [0.1, 0.15) is 33.3 Å². The highest BCUT2D eigenvalue weighted by Crippen LogP contribution is 2.28. The predicted molar refractivity (Wildman–Crippen MR) is 73.0 cm³/mol. The van der Waals surface area contributed by atoms with Crippen LogP contribution in [0.2, 0.25) is 5.02 Å². The average Bonchev–Trinajstić information content (AvgIpc) is 2.15. The van der Waals surface area contributed by atoms with Crippen LogP contribution in [0, 0.1) is 0 Å². The second-order valence-corrected chi connectivity index (χ2v) is 5.28. The van der Waals surface area contributed by atoms with Crippen LogP contribution in [0.15, 0.2) is 36.7 Å². The molecule has 94 valence electrons. The molecule has 0 bridgehead atoms. The molecule has 0 spiro atoms. The van der Waals surface area contributed by atoms with Gasteiger partial charge in [-0.2, -0.15) is 0 Å². The van der Waals surface area contributed by atoms with Crippen molar-refractivity contribution in [3.05, 3.63) is 47.3 Å². The molecule has 1 aromatic carbocycles. The SMILES string of the molecule is C=C(NC(C)C)OC(C)(C)c1cccc(Cl)c1. The molecular weight excluding hydrogens is 234 g/mol. The molecule has 1 rings (SSSR count). The Morgan fingerprint density at radius 3 is 2.59 bits per heavy atom. The summed E-state index contributed by atoms with van der Waals surface area (Å²) in [6.07, 6.45) is 0. The zero-order chi connectivity index (χ0) is 13.1. The van der Waals surface area contributed by atoms with Crippen molar-refractivity contribution in [2.45, 2.75) is 39.3 Å². The van der Waals surface area contributed by atoms with E-state index in [1.165, 1.54) is 0 Å². The number of hydrogen-bond acceptors (Lipinski definition) is 2. The van der Waals surface area contributed by atoms with E-state index >= 15 is 0 Å². The van der Waals surface area contributed by atoms with Crippen LogP contribution in [-0.2, 0) is 10.3 Å². The Labute approximate surface area is 109 Å². The summed E-state index contributed by atoms with van der Waals surface area (Å²) in [5.41, 5.74) is 0.570. The van der Waals surface area contributed by atoms with E-state index in [9.17, 15) is 0 Å². The van der Waals surface area contributed by atoms with Gasteiger partial charge in [-0.15, -0.1) is 0 Å². The monoisotopic (exact) mass is 253 g/mol. The molecule has 1 N–H and O–H groups in total. The lowest BCUT2D eigenvalue weighted by molar-refractivity contribution is 0.0198. The van der Waals surface area contributed by atoms with E-state index in [4.69, 9.17) is 16.3 Å². The number of ether oxygens (including phenoxy) is 1. The minimum atomic E-state index is -0.454. The Morgan fingerprint density at radius 2 is 2.06 bits per heavy atom. The molecule has 0 atom stereocenters. The molecule has 0 aliphatic heterocycles. The molecule has 0 heterocycles. The summed E-state index contributed by atoms with van der Waals surface area (Å²) in [5.74, 6) is 0.574. The second kappa shape index (κ2) is 5.46. The normalized spacial score (nSPS) is 11.4. The highest BCUT2D eigenvalue weighted by atomic mass is 35.5. The first-order chi connectivity index (χ1) is 7.81. The molecule has 17 heavy (non-hydrogen) atoms. The first kappa shape index (κ1) is 13.9. The lowest BCUT2D eigenvalue weighted by atomic mass is 9.98. The van der Waals surface area contributed by atoms with Gasteiger partial charge in [0.2, 0.25) is 0 Å². The largest absolute Gasteiger partial charge is 0.469 e. The zero-order valence-electron chi connectivity index (χ0n) is 10.9. The van der Waals surface area contributed by atoms with Crippen molar-refractivity contribution in [1.82, 2.24) is 5.32 Å². The van der Waals surface area contributed by atoms with Crippen molar-refractivity contribution in [1.29, 1.82) is 0 Å². The molecule has 0 aliphatic carbocycles. The van der Waals surface area contributed by atoms with Gasteiger partial charge in [-0.1, -0.05) is 23.7 Å². The summed E-state index contributed by atoms with van der Waals surface area (Å²) < 4.78 is 5.83. The van der Waals surface area contributed by atoms with Crippen LogP contribution in [-0.4, -0.2) is 6.04 Å². The lowest BCUT2D eigenvalue weighted by Crippen LogP contribution is -2.29. The highest BCUT2D eigenvalue weighted by Gasteiger charge is 2.23. The Hall–Kier alpha value is -1.15. The number of nitrogens with one attached hydrogen (secondary N) is 1. The van der Waals surface area contributed by atoms with Gasteiger partial charge >= 0.3 is 0 Å². The van der Waals surface area contributed by atoms with E-state index < -0.39 is 5.60 Å². The molecular formula is C14H20ClNO. The number of hydrogen-bond donors (Lipinski definition) is 1. The lowest BCUT2D eigenvalue weighted by Gasteiger charge is -2.29. The standard InChI is InChI=1S/C14H20ClNO/c1-10(2)16-11(3)17-14(4,5)12-7-6-8-13(15)9-12/h6-10,16H,3H2,1-2,4-5H3. The molecule has 0 saturated carbocycles. The molecule has 0 aromatic heterocycles. The van der Waals surface area contributed by atoms with E-state index in [2.05, 4.69) is 11.9 Å². The summed E-state index contributed by atoms with van der Waals surface area (Å²) in [5, 5.41) is 3.84. The third kappa shape index (κ3) is 4.31. The van der Waals surface area contributed by atoms with E-state index in [0.717, 1.165) is 5.56 Å². The Morgan fingerprint density at radius 1 is 1.41 bits per heavy atom. The van der Waals surface area contributed by atoms with Crippen molar-refractivity contribution in [2.24, 2.45) is 0 Å². The van der Waals surface area contributed by atoms with Gasteiger partial charge in [0.15, 0.2) is 5.88 Å². The van der Waals surface area contributed by atoms with E-state index in [1.807, 2.05) is 52.0 Å². The fourth-order valence-corrected chi connectivity index (χ4v) is 1.77. The summed E-state index contributed by atoms with van der Waals surface area (Å²) in [6.45, 7) is 11.9. The first-order valence-electron chi connectivity index (χ1n) is 5.72. The van der Waals surface area contributed by atoms with Crippen molar-refractivity contribution in [2.75, 3.05) is 0 Å². The van der Waals surface area contributed by atoms with Crippen molar-refractivity contribution in [3.8, 4) is 0 Å². The molecule has 0 unspecified atom stereocenters. The van der Waals surface area contributed by atoms with E-state index in [1.54, 1.807) is 0 Å². The number of rotatable bonds is 5. The van der Waals surface area contributed by atoms with E-state index in [-0.39, 0.29) is 0 Å². The van der Waals surface area contributed by atoms with Gasteiger partial charge in [0.1, 0.15) is 5.60 Å². The first-order valence-corrected chi connectivity index (χ1v) is 6.09. The van der Waals surface area contributed by atoms with Crippen LogP contribution < -0.4 is 5.32 Å². The van der Waals surface area contributed by atoms with Crippen molar-refractivity contribution >= 4 is 11.6 Å². The van der Waals surface area contributed by atoms with E-state index in [0.29, 0.717) is 16.9 Å². The van der Waals surface area contributed by atoms with Gasteiger partial charge in [0.05, 0.1) is 0 Å². The molecule has 0 amide bonds. The van der Waals surface area contributed by atoms with Gasteiger partial charge < -0.3 is 10.1 Å². The second-order valence-electron chi connectivity index (χ2n) is 4.84. The van der Waals surface area contributed by atoms with Crippen LogP contribution >= 0.6 is 11.6 Å². The minimum Gasteiger partial charge on any atom is -0.469 e. The van der Waals surface area contributed by atoms with Crippen LogP contribution in [0.25, 0.3) is 0 Å². The molecule has 0 radical (unpaired) electrons.